The minimum absolute atomic E-state index is 0.118. The third-order valence-electron chi connectivity index (χ3n) is 6.44. The minimum Gasteiger partial charge on any atom is -0.507 e. The zero-order valence-electron chi connectivity index (χ0n) is 20.4. The van der Waals surface area contributed by atoms with Gasteiger partial charge in [0.2, 0.25) is 12.0 Å². The van der Waals surface area contributed by atoms with Crippen LogP contribution in [0.1, 0.15) is 40.9 Å². The van der Waals surface area contributed by atoms with Crippen molar-refractivity contribution < 1.29 is 28.8 Å². The Kier molecular flexibility index (Phi) is 5.80. The van der Waals surface area contributed by atoms with Gasteiger partial charge in [-0.2, -0.15) is 5.10 Å². The van der Waals surface area contributed by atoms with Crippen LogP contribution in [0.15, 0.2) is 53.6 Å². The van der Waals surface area contributed by atoms with Crippen LogP contribution >= 0.6 is 0 Å². The van der Waals surface area contributed by atoms with E-state index in [0.29, 0.717) is 40.7 Å². The molecule has 5 rings (SSSR count). The molecule has 0 bridgehead atoms. The van der Waals surface area contributed by atoms with E-state index in [2.05, 4.69) is 0 Å². The number of methoxy groups -OCH3 is 4. The highest BCUT2D eigenvalue weighted by Crippen LogP contribution is 2.52. The van der Waals surface area contributed by atoms with E-state index in [9.17, 15) is 5.11 Å². The van der Waals surface area contributed by atoms with Crippen molar-refractivity contribution in [3.63, 3.8) is 0 Å². The summed E-state index contributed by atoms with van der Waals surface area (Å²) in [5.41, 5.74) is 4.30. The van der Waals surface area contributed by atoms with Crippen LogP contribution in [-0.4, -0.2) is 44.3 Å². The van der Waals surface area contributed by atoms with Crippen molar-refractivity contribution in [2.24, 2.45) is 5.10 Å². The number of hydrazone groups is 1. The molecule has 1 N–H and O–H groups in total. The summed E-state index contributed by atoms with van der Waals surface area (Å²) in [5, 5.41) is 17.5. The molecule has 2 aliphatic heterocycles. The predicted octanol–water partition coefficient (Wildman–Crippen LogP) is 4.98. The number of hydrogen-bond donors (Lipinski definition) is 1. The van der Waals surface area contributed by atoms with E-state index in [1.54, 1.807) is 34.5 Å². The Hall–Kier alpha value is -4.07. The number of aryl methyl sites for hydroxylation is 1. The van der Waals surface area contributed by atoms with Gasteiger partial charge in [0.15, 0.2) is 23.0 Å². The highest BCUT2D eigenvalue weighted by Gasteiger charge is 2.43. The van der Waals surface area contributed by atoms with Gasteiger partial charge >= 0.3 is 0 Å². The Labute approximate surface area is 204 Å². The van der Waals surface area contributed by atoms with Crippen LogP contribution < -0.4 is 23.7 Å². The largest absolute Gasteiger partial charge is 0.507 e. The number of ether oxygens (including phenoxy) is 5. The van der Waals surface area contributed by atoms with Crippen LogP contribution in [0.3, 0.4) is 0 Å². The van der Waals surface area contributed by atoms with Crippen molar-refractivity contribution in [3.8, 4) is 34.5 Å². The number of hydrogen-bond acceptors (Lipinski definition) is 8. The van der Waals surface area contributed by atoms with Gasteiger partial charge in [0, 0.05) is 23.1 Å². The SMILES string of the molecule is COc1cc([C@H]2Oc3c(OC)cccc3[C@@H]3CC(c4cc(C)ccc4O)=NN23)cc(OC)c1OC. The first-order valence-electron chi connectivity index (χ1n) is 11.3. The molecule has 8 heteroatoms. The lowest BCUT2D eigenvalue weighted by Gasteiger charge is -2.38. The summed E-state index contributed by atoms with van der Waals surface area (Å²) in [6.45, 7) is 1.99. The number of nitrogens with zero attached hydrogens (tertiary/aromatic N) is 2. The Bertz CT molecular complexity index is 1280. The predicted molar refractivity (Wildman–Crippen MR) is 131 cm³/mol. The van der Waals surface area contributed by atoms with Crippen LogP contribution in [0.2, 0.25) is 0 Å². The first kappa shape index (κ1) is 22.7. The van der Waals surface area contributed by atoms with Crippen LogP contribution in [-0.2, 0) is 0 Å². The standard InChI is InChI=1S/C27H28N2O6/c1-15-9-10-21(30)18(11-15)19-14-20-17-7-6-8-22(31-2)25(17)35-27(29(20)28-19)16-12-23(32-3)26(34-5)24(13-16)33-4/h6-13,20,27,30H,14H2,1-5H3/t20-,27+/m0/s1. The van der Waals surface area contributed by atoms with Gasteiger partial charge in [0.05, 0.1) is 40.2 Å². The van der Waals surface area contributed by atoms with E-state index in [0.717, 1.165) is 22.4 Å². The molecule has 0 aromatic heterocycles. The fraction of sp³-hybridized carbons (Fsp3) is 0.296. The molecule has 0 aliphatic carbocycles. The topological polar surface area (TPSA) is 82.0 Å². The number of aromatic hydroxyl groups is 1. The number of phenols is 1. The lowest BCUT2D eigenvalue weighted by atomic mass is 9.94. The van der Waals surface area contributed by atoms with E-state index in [1.807, 2.05) is 54.4 Å². The second kappa shape index (κ2) is 8.94. The average molecular weight is 477 g/mol. The molecular formula is C27H28N2O6. The van der Waals surface area contributed by atoms with Gasteiger partial charge in [-0.05, 0) is 37.3 Å². The second-order valence-electron chi connectivity index (χ2n) is 8.47. The lowest BCUT2D eigenvalue weighted by Crippen LogP contribution is -2.34. The molecule has 0 spiro atoms. The molecule has 0 saturated carbocycles. The summed E-state index contributed by atoms with van der Waals surface area (Å²) in [6.07, 6.45) is 0.00327. The minimum atomic E-state index is -0.595. The summed E-state index contributed by atoms with van der Waals surface area (Å²) in [7, 11) is 6.36. The molecule has 0 radical (unpaired) electrons. The van der Waals surface area contributed by atoms with Gasteiger partial charge in [-0.3, -0.25) is 0 Å². The third-order valence-corrected chi connectivity index (χ3v) is 6.44. The van der Waals surface area contributed by atoms with E-state index in [4.69, 9.17) is 28.8 Å². The molecule has 182 valence electrons. The molecule has 0 unspecified atom stereocenters. The first-order valence-corrected chi connectivity index (χ1v) is 11.3. The molecule has 2 heterocycles. The van der Waals surface area contributed by atoms with Crippen molar-refractivity contribution in [1.29, 1.82) is 0 Å². The summed E-state index contributed by atoms with van der Waals surface area (Å²) in [4.78, 5) is 0. The van der Waals surface area contributed by atoms with Crippen molar-refractivity contribution >= 4 is 5.71 Å². The van der Waals surface area contributed by atoms with E-state index >= 15 is 0 Å². The maximum Gasteiger partial charge on any atom is 0.214 e. The van der Waals surface area contributed by atoms with Gasteiger partial charge in [0.25, 0.3) is 0 Å². The molecule has 0 amide bonds. The number of rotatable bonds is 6. The zero-order valence-corrected chi connectivity index (χ0v) is 20.4. The fourth-order valence-electron chi connectivity index (χ4n) is 4.75. The summed E-state index contributed by atoms with van der Waals surface area (Å²) in [6, 6.07) is 15.0. The Morgan fingerprint density at radius 3 is 2.29 bits per heavy atom. The average Bonchev–Trinajstić information content (AvgIpc) is 3.33. The van der Waals surface area contributed by atoms with Crippen LogP contribution in [0.5, 0.6) is 34.5 Å². The van der Waals surface area contributed by atoms with Gasteiger partial charge < -0.3 is 28.8 Å². The Balaban J connectivity index is 1.67. The highest BCUT2D eigenvalue weighted by atomic mass is 16.5. The van der Waals surface area contributed by atoms with Crippen molar-refractivity contribution in [1.82, 2.24) is 5.01 Å². The molecule has 2 atom stereocenters. The van der Waals surface area contributed by atoms with Crippen LogP contribution in [0.4, 0.5) is 0 Å². The molecule has 0 saturated heterocycles. The van der Waals surface area contributed by atoms with Crippen molar-refractivity contribution in [2.75, 3.05) is 28.4 Å². The van der Waals surface area contributed by atoms with E-state index in [-0.39, 0.29) is 11.8 Å². The van der Waals surface area contributed by atoms with Gasteiger partial charge in [-0.15, -0.1) is 0 Å². The second-order valence-corrected chi connectivity index (χ2v) is 8.47. The van der Waals surface area contributed by atoms with E-state index < -0.39 is 6.23 Å². The molecule has 35 heavy (non-hydrogen) atoms. The number of benzene rings is 3. The lowest BCUT2D eigenvalue weighted by molar-refractivity contribution is -0.0211. The maximum atomic E-state index is 10.6. The van der Waals surface area contributed by atoms with Crippen molar-refractivity contribution in [3.05, 3.63) is 70.8 Å². The van der Waals surface area contributed by atoms with Gasteiger partial charge in [0.1, 0.15) is 5.75 Å². The summed E-state index contributed by atoms with van der Waals surface area (Å²) >= 11 is 0. The monoisotopic (exact) mass is 476 g/mol. The number of para-hydroxylation sites is 1. The summed E-state index contributed by atoms with van der Waals surface area (Å²) < 4.78 is 28.8. The number of phenolic OH excluding ortho intramolecular Hbond substituents is 1. The Morgan fingerprint density at radius 2 is 1.63 bits per heavy atom. The molecule has 0 fully saturated rings. The molecule has 2 aliphatic rings. The smallest absolute Gasteiger partial charge is 0.214 e. The normalized spacial score (nSPS) is 18.2. The third kappa shape index (κ3) is 3.75. The van der Waals surface area contributed by atoms with Crippen LogP contribution in [0, 0.1) is 6.92 Å². The molecule has 3 aromatic carbocycles. The zero-order chi connectivity index (χ0) is 24.7. The van der Waals surface area contributed by atoms with E-state index in [1.165, 1.54) is 0 Å². The fourth-order valence-corrected chi connectivity index (χ4v) is 4.75. The Morgan fingerprint density at radius 1 is 0.914 bits per heavy atom. The first-order chi connectivity index (χ1) is 17.0. The molecule has 3 aromatic rings. The van der Waals surface area contributed by atoms with Crippen LogP contribution in [0.25, 0.3) is 0 Å². The number of fused-ring (bicyclic) bond motifs is 3. The van der Waals surface area contributed by atoms with Gasteiger partial charge in [-0.25, -0.2) is 5.01 Å². The quantitative estimate of drug-likeness (QED) is 0.537. The van der Waals surface area contributed by atoms with Gasteiger partial charge in [-0.1, -0.05) is 23.8 Å². The highest BCUT2D eigenvalue weighted by molar-refractivity contribution is 6.04. The van der Waals surface area contributed by atoms with Crippen molar-refractivity contribution in [2.45, 2.75) is 25.6 Å². The maximum absolute atomic E-state index is 10.6. The molecular weight excluding hydrogens is 448 g/mol. The summed E-state index contributed by atoms with van der Waals surface area (Å²) in [5.74, 6) is 3.05. The molecule has 8 nitrogen and oxygen atoms in total.